The summed E-state index contributed by atoms with van der Waals surface area (Å²) in [6, 6.07) is 14.1. The lowest BCUT2D eigenvalue weighted by Crippen LogP contribution is -2.06. The minimum Gasteiger partial charge on any atom is -0.359 e. The van der Waals surface area contributed by atoms with E-state index in [-0.39, 0.29) is 5.43 Å². The van der Waals surface area contributed by atoms with Gasteiger partial charge in [0.1, 0.15) is 5.65 Å². The summed E-state index contributed by atoms with van der Waals surface area (Å²) in [6.07, 6.45) is 3.92. The van der Waals surface area contributed by atoms with Crippen LogP contribution >= 0.6 is 0 Å². The standard InChI is InChI=1S/C29H31N3O/c1-16(2)19-12-22(17(3)4)27(23(13-19)18(5)6)26-15-31-29-24-14-20(33)9-10-21(24)28-25(32(26)29)8-7-11-30-28/h7-18,30H,1-6H3. The number of aromatic amines is 1. The van der Waals surface area contributed by atoms with Gasteiger partial charge in [0.05, 0.1) is 22.9 Å². The van der Waals surface area contributed by atoms with E-state index < -0.39 is 0 Å². The zero-order valence-electron chi connectivity index (χ0n) is 20.2. The van der Waals surface area contributed by atoms with Crippen LogP contribution in [0.1, 0.15) is 76.0 Å². The number of rotatable bonds is 4. The monoisotopic (exact) mass is 437 g/mol. The molecule has 0 aliphatic rings. The first kappa shape index (κ1) is 21.4. The quantitative estimate of drug-likeness (QED) is 0.298. The third-order valence-electron chi connectivity index (χ3n) is 6.73. The van der Waals surface area contributed by atoms with Gasteiger partial charge in [0, 0.05) is 22.5 Å². The fourth-order valence-electron chi connectivity index (χ4n) is 4.97. The van der Waals surface area contributed by atoms with E-state index >= 15 is 0 Å². The maximum Gasteiger partial charge on any atom is 0.179 e. The Bertz CT molecular complexity index is 1540. The lowest BCUT2D eigenvalue weighted by Gasteiger charge is -2.23. The number of nitrogens with zero attached hydrogens (tertiary/aromatic N) is 2. The molecule has 0 aliphatic heterocycles. The molecule has 0 fully saturated rings. The highest BCUT2D eigenvalue weighted by Crippen LogP contribution is 2.40. The average molecular weight is 438 g/mol. The molecule has 3 heterocycles. The minimum atomic E-state index is -0.00347. The lowest BCUT2D eigenvalue weighted by atomic mass is 9.83. The first-order valence-corrected chi connectivity index (χ1v) is 11.9. The molecule has 4 heteroatoms. The largest absolute Gasteiger partial charge is 0.359 e. The molecule has 0 radical (unpaired) electrons. The Morgan fingerprint density at radius 1 is 0.848 bits per heavy atom. The second kappa shape index (κ2) is 7.87. The van der Waals surface area contributed by atoms with Crippen molar-refractivity contribution in [2.24, 2.45) is 0 Å². The second-order valence-corrected chi connectivity index (χ2v) is 9.98. The number of aromatic nitrogens is 3. The van der Waals surface area contributed by atoms with E-state index in [1.165, 1.54) is 22.3 Å². The van der Waals surface area contributed by atoms with E-state index in [9.17, 15) is 4.79 Å². The Hall–Kier alpha value is -3.40. The number of nitrogens with one attached hydrogen (secondary N) is 1. The Balaban J connectivity index is 1.99. The molecule has 0 bridgehead atoms. The molecule has 4 nitrogen and oxygen atoms in total. The molecule has 5 aromatic rings. The first-order valence-electron chi connectivity index (χ1n) is 11.9. The van der Waals surface area contributed by atoms with Crippen molar-refractivity contribution in [3.8, 4) is 11.3 Å². The van der Waals surface area contributed by atoms with E-state index in [4.69, 9.17) is 4.98 Å². The van der Waals surface area contributed by atoms with Gasteiger partial charge in [-0.15, -0.1) is 0 Å². The molecule has 0 spiro atoms. The van der Waals surface area contributed by atoms with Gasteiger partial charge in [0.2, 0.25) is 0 Å². The van der Waals surface area contributed by atoms with Crippen molar-refractivity contribution in [3.05, 3.63) is 81.8 Å². The Morgan fingerprint density at radius 2 is 1.55 bits per heavy atom. The summed E-state index contributed by atoms with van der Waals surface area (Å²) in [5.41, 5.74) is 9.29. The van der Waals surface area contributed by atoms with Crippen LogP contribution in [0.2, 0.25) is 0 Å². The summed E-state index contributed by atoms with van der Waals surface area (Å²) in [6.45, 7) is 13.6. The van der Waals surface area contributed by atoms with E-state index in [1.54, 1.807) is 12.1 Å². The number of imidazole rings is 1. The SMILES string of the molecule is CC(C)c1cc(C(C)C)c(-c2cnc3c4cc(=O)ccc4c4[nH]cccc4n23)c(C(C)C)c1. The summed E-state index contributed by atoms with van der Waals surface area (Å²) in [4.78, 5) is 20.6. The van der Waals surface area contributed by atoms with Crippen LogP contribution in [-0.2, 0) is 0 Å². The van der Waals surface area contributed by atoms with Gasteiger partial charge in [-0.25, -0.2) is 4.98 Å². The second-order valence-electron chi connectivity index (χ2n) is 9.98. The highest BCUT2D eigenvalue weighted by molar-refractivity contribution is 6.10. The van der Waals surface area contributed by atoms with Gasteiger partial charge in [-0.05, 0) is 64.8 Å². The van der Waals surface area contributed by atoms with Crippen LogP contribution in [0.25, 0.3) is 38.7 Å². The summed E-state index contributed by atoms with van der Waals surface area (Å²) in [5.74, 6) is 1.20. The van der Waals surface area contributed by atoms with Crippen LogP contribution in [0, 0.1) is 0 Å². The highest BCUT2D eigenvalue weighted by atomic mass is 16.1. The third kappa shape index (κ3) is 3.36. The lowest BCUT2D eigenvalue weighted by molar-refractivity contribution is 0.806. The average Bonchev–Trinajstić information content (AvgIpc) is 3.23. The summed E-state index contributed by atoms with van der Waals surface area (Å²) < 4.78 is 2.23. The molecule has 168 valence electrons. The fraction of sp³-hybridized carbons (Fsp3) is 0.310. The van der Waals surface area contributed by atoms with E-state index in [0.717, 1.165) is 33.1 Å². The van der Waals surface area contributed by atoms with Crippen LogP contribution in [0.15, 0.2) is 59.7 Å². The molecule has 1 N–H and O–H groups in total. The van der Waals surface area contributed by atoms with Gasteiger partial charge in [-0.1, -0.05) is 53.7 Å². The summed E-state index contributed by atoms with van der Waals surface area (Å²) >= 11 is 0. The van der Waals surface area contributed by atoms with Crippen molar-refractivity contribution in [1.82, 2.24) is 14.4 Å². The van der Waals surface area contributed by atoms with E-state index in [2.05, 4.69) is 69.1 Å². The van der Waals surface area contributed by atoms with Crippen molar-refractivity contribution >= 4 is 27.5 Å². The fourth-order valence-corrected chi connectivity index (χ4v) is 4.97. The van der Waals surface area contributed by atoms with Crippen LogP contribution in [0.5, 0.6) is 0 Å². The first-order chi connectivity index (χ1) is 15.8. The van der Waals surface area contributed by atoms with Gasteiger partial charge in [0.25, 0.3) is 0 Å². The normalized spacial score (nSPS) is 12.3. The molecule has 3 aromatic heterocycles. The number of H-pyrrole nitrogens is 1. The zero-order valence-corrected chi connectivity index (χ0v) is 20.2. The summed E-state index contributed by atoms with van der Waals surface area (Å²) in [5, 5.41) is 1.89. The van der Waals surface area contributed by atoms with Gasteiger partial charge < -0.3 is 4.98 Å². The molecule has 0 aliphatic carbocycles. The third-order valence-corrected chi connectivity index (χ3v) is 6.73. The van der Waals surface area contributed by atoms with Crippen molar-refractivity contribution < 1.29 is 0 Å². The Kier molecular flexibility index (Phi) is 5.12. The van der Waals surface area contributed by atoms with Crippen molar-refractivity contribution in [1.29, 1.82) is 0 Å². The molecule has 0 unspecified atom stereocenters. The van der Waals surface area contributed by atoms with Crippen LogP contribution < -0.4 is 5.43 Å². The topological polar surface area (TPSA) is 50.2 Å². The molecular weight excluding hydrogens is 406 g/mol. The molecular formula is C29H31N3O. The van der Waals surface area contributed by atoms with Crippen LogP contribution in [-0.4, -0.2) is 14.4 Å². The molecule has 0 saturated heterocycles. The highest BCUT2D eigenvalue weighted by Gasteiger charge is 2.23. The van der Waals surface area contributed by atoms with Gasteiger partial charge in [-0.3, -0.25) is 9.20 Å². The Morgan fingerprint density at radius 3 is 2.18 bits per heavy atom. The smallest absolute Gasteiger partial charge is 0.179 e. The van der Waals surface area contributed by atoms with Gasteiger partial charge >= 0.3 is 0 Å². The van der Waals surface area contributed by atoms with Gasteiger partial charge in [-0.2, -0.15) is 0 Å². The number of hydrogen-bond donors (Lipinski definition) is 1. The van der Waals surface area contributed by atoms with Crippen LogP contribution in [0.4, 0.5) is 0 Å². The predicted molar refractivity (Wildman–Crippen MR) is 139 cm³/mol. The van der Waals surface area contributed by atoms with Crippen molar-refractivity contribution in [2.45, 2.75) is 59.3 Å². The van der Waals surface area contributed by atoms with E-state index in [0.29, 0.717) is 17.8 Å². The molecule has 0 amide bonds. The number of benzene rings is 2. The van der Waals surface area contributed by atoms with Crippen molar-refractivity contribution in [3.63, 3.8) is 0 Å². The molecule has 0 atom stereocenters. The number of fused-ring (bicyclic) bond motifs is 6. The minimum absolute atomic E-state index is 0.00347. The van der Waals surface area contributed by atoms with E-state index in [1.807, 2.05) is 24.5 Å². The maximum atomic E-state index is 12.3. The van der Waals surface area contributed by atoms with Crippen molar-refractivity contribution in [2.75, 3.05) is 0 Å². The summed E-state index contributed by atoms with van der Waals surface area (Å²) in [7, 11) is 0. The molecule has 0 saturated carbocycles. The number of hydrogen-bond acceptors (Lipinski definition) is 2. The number of pyridine rings is 2. The predicted octanol–water partition coefficient (Wildman–Crippen LogP) is 7.37. The molecule has 5 rings (SSSR count). The van der Waals surface area contributed by atoms with Gasteiger partial charge in [0.15, 0.2) is 5.43 Å². The maximum absolute atomic E-state index is 12.3. The molecule has 2 aromatic carbocycles. The zero-order chi connectivity index (χ0) is 23.4. The molecule has 33 heavy (non-hydrogen) atoms. The Labute approximate surface area is 194 Å². The van der Waals surface area contributed by atoms with Crippen LogP contribution in [0.3, 0.4) is 0 Å².